The quantitative estimate of drug-likeness (QED) is 0.105. The number of H-pyrrole nitrogens is 1. The molecular formula is C25H37N7O7. The molecule has 12 N–H and O–H groups in total. The number of aromatic nitrogens is 1. The third-order valence-electron chi connectivity index (χ3n) is 6.11. The van der Waals surface area contributed by atoms with Crippen molar-refractivity contribution in [2.75, 3.05) is 6.54 Å². The Morgan fingerprint density at radius 1 is 0.974 bits per heavy atom. The summed E-state index contributed by atoms with van der Waals surface area (Å²) in [5.74, 6) is -4.66. The predicted molar refractivity (Wildman–Crippen MR) is 142 cm³/mol. The molecule has 0 spiro atoms. The van der Waals surface area contributed by atoms with Crippen molar-refractivity contribution in [2.24, 2.45) is 17.2 Å². The van der Waals surface area contributed by atoms with Crippen LogP contribution in [0.4, 0.5) is 0 Å². The van der Waals surface area contributed by atoms with E-state index in [4.69, 9.17) is 17.2 Å². The predicted octanol–water partition coefficient (Wildman–Crippen LogP) is -2.04. The highest BCUT2D eigenvalue weighted by molar-refractivity contribution is 5.95. The molecule has 0 radical (unpaired) electrons. The average Bonchev–Trinajstić information content (AvgIpc) is 3.28. The number of nitrogens with two attached hydrogens (primary N) is 3. The number of fused-ring (bicyclic) bond motifs is 1. The normalized spacial score (nSPS) is 15.0. The lowest BCUT2D eigenvalue weighted by atomic mass is 10.0. The van der Waals surface area contributed by atoms with Crippen molar-refractivity contribution >= 4 is 40.5 Å². The number of primary amides is 1. The standard InChI is InChI=1S/C25H37N7O7/c1-13(33)21(32-22(35)16(27)11-20(28)34)24(37)31-19(10-14-12-29-17-7-3-2-6-15(14)17)23(36)30-18(25(38)39)8-4-5-9-26/h2-3,6-7,12-13,16,18-19,21,29,33H,4-5,8-11,26-27H2,1H3,(H2,28,34)(H,30,36)(H,31,37)(H,32,35)(H,38,39). The Labute approximate surface area is 225 Å². The number of carboxylic acid groups (broad SMARTS) is 1. The van der Waals surface area contributed by atoms with Gasteiger partial charge in [0.2, 0.25) is 23.6 Å². The van der Waals surface area contributed by atoms with Gasteiger partial charge < -0.3 is 48.3 Å². The van der Waals surface area contributed by atoms with Crippen LogP contribution in [0.25, 0.3) is 10.9 Å². The van der Waals surface area contributed by atoms with Gasteiger partial charge in [0.25, 0.3) is 0 Å². The fourth-order valence-electron chi connectivity index (χ4n) is 3.99. The summed E-state index contributed by atoms with van der Waals surface area (Å²) in [6.45, 7) is 1.62. The van der Waals surface area contributed by atoms with Crippen LogP contribution in [0, 0.1) is 0 Å². The molecule has 214 valence electrons. The van der Waals surface area contributed by atoms with Crippen LogP contribution in [0.3, 0.4) is 0 Å². The minimum absolute atomic E-state index is 0.0294. The number of aromatic amines is 1. The van der Waals surface area contributed by atoms with Gasteiger partial charge in [0.1, 0.15) is 18.1 Å². The number of unbranched alkanes of at least 4 members (excludes halogenated alkanes) is 1. The van der Waals surface area contributed by atoms with Crippen LogP contribution in [0.1, 0.15) is 38.2 Å². The topological polar surface area (TPSA) is 256 Å². The molecule has 0 fully saturated rings. The summed E-state index contributed by atoms with van der Waals surface area (Å²) in [5.41, 5.74) is 17.6. The molecule has 5 atom stereocenters. The zero-order valence-electron chi connectivity index (χ0n) is 21.7. The number of carbonyl (C=O) groups excluding carboxylic acids is 4. The van der Waals surface area contributed by atoms with Gasteiger partial charge in [-0.2, -0.15) is 0 Å². The number of benzene rings is 1. The molecule has 5 unspecified atom stereocenters. The lowest BCUT2D eigenvalue weighted by Crippen LogP contribution is -2.60. The maximum absolute atomic E-state index is 13.3. The molecule has 1 heterocycles. The van der Waals surface area contributed by atoms with E-state index in [0.717, 1.165) is 10.9 Å². The van der Waals surface area contributed by atoms with Crippen LogP contribution in [0.5, 0.6) is 0 Å². The fraction of sp³-hybridized carbons (Fsp3) is 0.480. The Morgan fingerprint density at radius 2 is 1.64 bits per heavy atom. The molecule has 0 aliphatic heterocycles. The van der Waals surface area contributed by atoms with Gasteiger partial charge in [-0.3, -0.25) is 19.2 Å². The molecule has 0 bridgehead atoms. The summed E-state index contributed by atoms with van der Waals surface area (Å²) >= 11 is 0. The van der Waals surface area contributed by atoms with Gasteiger partial charge in [-0.15, -0.1) is 0 Å². The number of amides is 4. The van der Waals surface area contributed by atoms with Crippen LogP contribution < -0.4 is 33.2 Å². The third kappa shape index (κ3) is 9.35. The van der Waals surface area contributed by atoms with Crippen molar-refractivity contribution in [1.82, 2.24) is 20.9 Å². The van der Waals surface area contributed by atoms with Crippen molar-refractivity contribution in [3.63, 3.8) is 0 Å². The number of aliphatic hydroxyl groups excluding tert-OH is 1. The first-order chi connectivity index (χ1) is 18.4. The van der Waals surface area contributed by atoms with Gasteiger partial charge in [0.05, 0.1) is 18.6 Å². The number of hydrogen-bond donors (Lipinski definition) is 9. The maximum Gasteiger partial charge on any atom is 0.326 e. The second-order valence-corrected chi connectivity index (χ2v) is 9.31. The molecule has 14 heteroatoms. The first kappa shape index (κ1) is 31.2. The van der Waals surface area contributed by atoms with E-state index in [1.165, 1.54) is 6.92 Å². The second kappa shape index (κ2) is 14.8. The molecule has 14 nitrogen and oxygen atoms in total. The summed E-state index contributed by atoms with van der Waals surface area (Å²) in [4.78, 5) is 64.8. The number of carbonyl (C=O) groups is 5. The van der Waals surface area contributed by atoms with Crippen LogP contribution in [-0.4, -0.2) is 81.6 Å². The molecule has 1 aromatic carbocycles. The van der Waals surface area contributed by atoms with Crippen molar-refractivity contribution in [2.45, 2.75) is 69.3 Å². The largest absolute Gasteiger partial charge is 0.480 e. The maximum atomic E-state index is 13.3. The average molecular weight is 548 g/mol. The first-order valence-corrected chi connectivity index (χ1v) is 12.6. The lowest BCUT2D eigenvalue weighted by molar-refractivity contribution is -0.142. The van der Waals surface area contributed by atoms with E-state index in [1.807, 2.05) is 18.2 Å². The number of aliphatic hydroxyl groups is 1. The zero-order chi connectivity index (χ0) is 29.1. The van der Waals surface area contributed by atoms with Crippen molar-refractivity contribution in [3.05, 3.63) is 36.0 Å². The summed E-state index contributed by atoms with van der Waals surface area (Å²) in [6, 6.07) is 1.91. The smallest absolute Gasteiger partial charge is 0.326 e. The number of para-hydroxylation sites is 1. The molecule has 0 aliphatic carbocycles. The van der Waals surface area contributed by atoms with Gasteiger partial charge in [-0.1, -0.05) is 18.2 Å². The molecule has 0 aliphatic rings. The van der Waals surface area contributed by atoms with Crippen LogP contribution >= 0.6 is 0 Å². The number of hydrogen-bond acceptors (Lipinski definition) is 8. The Morgan fingerprint density at radius 3 is 2.26 bits per heavy atom. The van der Waals surface area contributed by atoms with E-state index >= 15 is 0 Å². The van der Waals surface area contributed by atoms with E-state index < -0.39 is 66.3 Å². The second-order valence-electron chi connectivity index (χ2n) is 9.31. The molecule has 2 aromatic rings. The molecular weight excluding hydrogens is 510 g/mol. The summed E-state index contributed by atoms with van der Waals surface area (Å²) in [6.07, 6.45) is 0.928. The highest BCUT2D eigenvalue weighted by atomic mass is 16.4. The molecule has 1 aromatic heterocycles. The Hall–Kier alpha value is -4.01. The van der Waals surface area contributed by atoms with E-state index in [-0.39, 0.29) is 12.8 Å². The van der Waals surface area contributed by atoms with Crippen molar-refractivity contribution in [3.8, 4) is 0 Å². The summed E-state index contributed by atoms with van der Waals surface area (Å²) in [7, 11) is 0. The van der Waals surface area contributed by atoms with Gasteiger partial charge >= 0.3 is 5.97 Å². The molecule has 39 heavy (non-hydrogen) atoms. The van der Waals surface area contributed by atoms with Crippen molar-refractivity contribution < 1.29 is 34.2 Å². The first-order valence-electron chi connectivity index (χ1n) is 12.6. The minimum Gasteiger partial charge on any atom is -0.480 e. The van der Waals surface area contributed by atoms with E-state index in [1.54, 1.807) is 12.3 Å². The molecule has 2 rings (SSSR count). The molecule has 0 saturated heterocycles. The van der Waals surface area contributed by atoms with Gasteiger partial charge in [-0.25, -0.2) is 4.79 Å². The van der Waals surface area contributed by atoms with E-state index in [0.29, 0.717) is 24.9 Å². The fourth-order valence-corrected chi connectivity index (χ4v) is 3.99. The van der Waals surface area contributed by atoms with Gasteiger partial charge in [-0.05, 0) is 44.4 Å². The number of rotatable bonds is 16. The molecule has 4 amide bonds. The number of carboxylic acids is 1. The number of aliphatic carboxylic acids is 1. The SMILES string of the molecule is CC(O)C(NC(=O)C(N)CC(N)=O)C(=O)NC(Cc1c[nH]c2ccccc12)C(=O)NC(CCCCN)C(=O)O. The number of nitrogens with one attached hydrogen (secondary N) is 4. The third-order valence-corrected chi connectivity index (χ3v) is 6.11. The van der Waals surface area contributed by atoms with E-state index in [9.17, 15) is 34.2 Å². The monoisotopic (exact) mass is 547 g/mol. The summed E-state index contributed by atoms with van der Waals surface area (Å²) in [5, 5.41) is 27.8. The van der Waals surface area contributed by atoms with E-state index in [2.05, 4.69) is 20.9 Å². The Balaban J connectivity index is 2.29. The lowest BCUT2D eigenvalue weighted by Gasteiger charge is -2.26. The van der Waals surface area contributed by atoms with Crippen LogP contribution in [0.15, 0.2) is 30.5 Å². The Kier molecular flexibility index (Phi) is 11.8. The highest BCUT2D eigenvalue weighted by Gasteiger charge is 2.33. The molecule has 0 saturated carbocycles. The summed E-state index contributed by atoms with van der Waals surface area (Å²) < 4.78 is 0. The van der Waals surface area contributed by atoms with Gasteiger partial charge in [0, 0.05) is 23.5 Å². The van der Waals surface area contributed by atoms with Gasteiger partial charge in [0.15, 0.2) is 0 Å². The highest BCUT2D eigenvalue weighted by Crippen LogP contribution is 2.19. The van der Waals surface area contributed by atoms with Crippen molar-refractivity contribution in [1.29, 1.82) is 0 Å². The minimum atomic E-state index is -1.53. The zero-order valence-corrected chi connectivity index (χ0v) is 21.7. The van der Waals surface area contributed by atoms with Crippen LogP contribution in [-0.2, 0) is 30.4 Å². The Bertz CT molecular complexity index is 1170. The van der Waals surface area contributed by atoms with Crippen LogP contribution in [0.2, 0.25) is 0 Å².